The molecule has 0 aliphatic rings. The summed E-state index contributed by atoms with van der Waals surface area (Å²) in [6, 6.07) is 18.4. The second-order valence-electron chi connectivity index (χ2n) is 6.16. The van der Waals surface area contributed by atoms with Gasteiger partial charge in [-0.3, -0.25) is 4.90 Å². The van der Waals surface area contributed by atoms with Crippen molar-refractivity contribution < 1.29 is 14.9 Å². The molecule has 2 aromatic carbocycles. The highest BCUT2D eigenvalue weighted by Gasteiger charge is 2.03. The fourth-order valence-electron chi connectivity index (χ4n) is 2.77. The molecule has 25 heavy (non-hydrogen) atoms. The Kier molecular flexibility index (Phi) is 9.05. The van der Waals surface area contributed by atoms with Gasteiger partial charge in [-0.15, -0.1) is 0 Å². The molecular weight excluding hydrogens is 314 g/mol. The van der Waals surface area contributed by atoms with Crippen LogP contribution in [-0.2, 0) is 13.0 Å². The normalized spacial score (nSPS) is 11.0. The van der Waals surface area contributed by atoms with Crippen LogP contribution in [0.5, 0.6) is 5.75 Å². The molecule has 0 bridgehead atoms. The van der Waals surface area contributed by atoms with Crippen LogP contribution in [0.25, 0.3) is 0 Å². The number of para-hydroxylation sites is 1. The molecule has 2 aromatic rings. The summed E-state index contributed by atoms with van der Waals surface area (Å²) in [5.74, 6) is 0.891. The Bertz CT molecular complexity index is 565. The topological polar surface area (TPSA) is 52.9 Å². The molecule has 4 heteroatoms. The minimum Gasteiger partial charge on any atom is -0.489 e. The van der Waals surface area contributed by atoms with Gasteiger partial charge < -0.3 is 14.9 Å². The van der Waals surface area contributed by atoms with Gasteiger partial charge in [-0.25, -0.2) is 0 Å². The number of benzene rings is 2. The monoisotopic (exact) mass is 343 g/mol. The van der Waals surface area contributed by atoms with Crippen LogP contribution in [0, 0.1) is 0 Å². The number of unbranched alkanes of at least 4 members (excludes halogenated alkanes) is 1. The summed E-state index contributed by atoms with van der Waals surface area (Å²) in [6.45, 7) is 3.07. The van der Waals surface area contributed by atoms with Crippen LogP contribution in [0.15, 0.2) is 54.6 Å². The summed E-state index contributed by atoms with van der Waals surface area (Å²) >= 11 is 0. The number of aliphatic hydroxyl groups is 2. The van der Waals surface area contributed by atoms with E-state index in [9.17, 15) is 0 Å². The molecule has 0 atom stereocenters. The first-order valence-electron chi connectivity index (χ1n) is 9.01. The summed E-state index contributed by atoms with van der Waals surface area (Å²) in [4.78, 5) is 2.10. The van der Waals surface area contributed by atoms with Gasteiger partial charge in [0.2, 0.25) is 0 Å². The van der Waals surface area contributed by atoms with Crippen molar-refractivity contribution in [2.24, 2.45) is 0 Å². The van der Waals surface area contributed by atoms with Crippen molar-refractivity contribution in [3.8, 4) is 5.75 Å². The maximum absolute atomic E-state index is 9.01. The van der Waals surface area contributed by atoms with E-state index in [0.717, 1.165) is 31.6 Å². The van der Waals surface area contributed by atoms with Crippen molar-refractivity contribution in [3.05, 3.63) is 65.7 Å². The third kappa shape index (κ3) is 7.69. The molecule has 0 heterocycles. The minimum absolute atomic E-state index is 0.145. The molecule has 136 valence electrons. The summed E-state index contributed by atoms with van der Waals surface area (Å²) in [5, 5.41) is 18.0. The summed E-state index contributed by atoms with van der Waals surface area (Å²) < 4.78 is 5.76. The average molecular weight is 343 g/mol. The van der Waals surface area contributed by atoms with Gasteiger partial charge in [-0.2, -0.15) is 0 Å². The van der Waals surface area contributed by atoms with Crippen LogP contribution in [0.1, 0.15) is 24.0 Å². The smallest absolute Gasteiger partial charge is 0.119 e. The molecule has 0 saturated carbocycles. The fraction of sp³-hybridized carbons (Fsp3) is 0.429. The number of aryl methyl sites for hydroxylation is 1. The standard InChI is InChI=1S/C21H29NO3/c23-16-14-22(15-17-24)13-5-4-6-19-9-11-20(12-10-19)18-25-21-7-2-1-3-8-21/h1-3,7-12,23-24H,4-6,13-18H2. The van der Waals surface area contributed by atoms with E-state index in [1.807, 2.05) is 30.3 Å². The molecule has 0 aromatic heterocycles. The molecule has 0 fully saturated rings. The van der Waals surface area contributed by atoms with E-state index in [-0.39, 0.29) is 13.2 Å². The molecule has 0 amide bonds. The van der Waals surface area contributed by atoms with Crippen LogP contribution in [0.2, 0.25) is 0 Å². The van der Waals surface area contributed by atoms with Crippen molar-refractivity contribution in [3.63, 3.8) is 0 Å². The highest BCUT2D eigenvalue weighted by molar-refractivity contribution is 5.24. The van der Waals surface area contributed by atoms with Gasteiger partial charge >= 0.3 is 0 Å². The van der Waals surface area contributed by atoms with Crippen LogP contribution < -0.4 is 4.74 Å². The maximum atomic E-state index is 9.01. The molecule has 0 aliphatic heterocycles. The third-order valence-electron chi connectivity index (χ3n) is 4.19. The van der Waals surface area contributed by atoms with Crippen molar-refractivity contribution >= 4 is 0 Å². The Morgan fingerprint density at radius 2 is 1.36 bits per heavy atom. The number of rotatable bonds is 12. The molecule has 0 unspecified atom stereocenters. The number of ether oxygens (including phenoxy) is 1. The predicted octanol–water partition coefficient (Wildman–Crippen LogP) is 2.87. The maximum Gasteiger partial charge on any atom is 0.119 e. The van der Waals surface area contributed by atoms with E-state index in [0.29, 0.717) is 19.7 Å². The Balaban J connectivity index is 1.67. The average Bonchev–Trinajstić information content (AvgIpc) is 2.65. The Morgan fingerprint density at radius 1 is 0.720 bits per heavy atom. The quantitative estimate of drug-likeness (QED) is 0.582. The molecule has 4 nitrogen and oxygen atoms in total. The third-order valence-corrected chi connectivity index (χ3v) is 4.19. The van der Waals surface area contributed by atoms with Gasteiger partial charge in [0.25, 0.3) is 0 Å². The van der Waals surface area contributed by atoms with Gasteiger partial charge in [0, 0.05) is 13.1 Å². The SMILES string of the molecule is OCCN(CCO)CCCCc1ccc(COc2ccccc2)cc1. The molecule has 0 spiro atoms. The molecule has 0 radical (unpaired) electrons. The van der Waals surface area contributed by atoms with Gasteiger partial charge in [0.05, 0.1) is 13.2 Å². The number of hydrogen-bond acceptors (Lipinski definition) is 4. The van der Waals surface area contributed by atoms with Crippen molar-refractivity contribution in [1.82, 2.24) is 4.90 Å². The van der Waals surface area contributed by atoms with E-state index in [2.05, 4.69) is 29.2 Å². The lowest BCUT2D eigenvalue weighted by atomic mass is 10.1. The second kappa shape index (κ2) is 11.6. The van der Waals surface area contributed by atoms with Gasteiger partial charge in [0.1, 0.15) is 12.4 Å². The van der Waals surface area contributed by atoms with E-state index in [1.165, 1.54) is 11.1 Å². The van der Waals surface area contributed by atoms with E-state index in [4.69, 9.17) is 14.9 Å². The molecular formula is C21H29NO3. The minimum atomic E-state index is 0.145. The van der Waals surface area contributed by atoms with Crippen molar-refractivity contribution in [2.75, 3.05) is 32.8 Å². The van der Waals surface area contributed by atoms with Crippen LogP contribution >= 0.6 is 0 Å². The number of nitrogens with zero attached hydrogens (tertiary/aromatic N) is 1. The Morgan fingerprint density at radius 3 is 2.00 bits per heavy atom. The first-order valence-corrected chi connectivity index (χ1v) is 9.01. The van der Waals surface area contributed by atoms with Crippen LogP contribution in [0.3, 0.4) is 0 Å². The van der Waals surface area contributed by atoms with E-state index < -0.39 is 0 Å². The van der Waals surface area contributed by atoms with Crippen molar-refractivity contribution in [1.29, 1.82) is 0 Å². The van der Waals surface area contributed by atoms with Crippen molar-refractivity contribution in [2.45, 2.75) is 25.9 Å². The zero-order valence-electron chi connectivity index (χ0n) is 14.8. The lowest BCUT2D eigenvalue weighted by Crippen LogP contribution is -2.30. The highest BCUT2D eigenvalue weighted by atomic mass is 16.5. The molecule has 0 saturated heterocycles. The summed E-state index contributed by atoms with van der Waals surface area (Å²) in [5.41, 5.74) is 2.50. The first-order chi connectivity index (χ1) is 12.3. The Labute approximate surface area is 150 Å². The predicted molar refractivity (Wildman–Crippen MR) is 101 cm³/mol. The van der Waals surface area contributed by atoms with E-state index >= 15 is 0 Å². The number of hydrogen-bond donors (Lipinski definition) is 2. The zero-order valence-corrected chi connectivity index (χ0v) is 14.8. The van der Waals surface area contributed by atoms with Crippen LogP contribution in [0.4, 0.5) is 0 Å². The molecule has 2 N–H and O–H groups in total. The lowest BCUT2D eigenvalue weighted by Gasteiger charge is -2.19. The first kappa shape index (κ1) is 19.4. The summed E-state index contributed by atoms with van der Waals surface area (Å²) in [6.07, 6.45) is 3.22. The van der Waals surface area contributed by atoms with Crippen LogP contribution in [-0.4, -0.2) is 48.0 Å². The zero-order chi connectivity index (χ0) is 17.7. The molecule has 0 aliphatic carbocycles. The van der Waals surface area contributed by atoms with E-state index in [1.54, 1.807) is 0 Å². The van der Waals surface area contributed by atoms with Gasteiger partial charge in [0.15, 0.2) is 0 Å². The molecule has 2 rings (SSSR count). The fourth-order valence-corrected chi connectivity index (χ4v) is 2.77. The Hall–Kier alpha value is -1.88. The van der Waals surface area contributed by atoms with Gasteiger partial charge in [-0.1, -0.05) is 42.5 Å². The van der Waals surface area contributed by atoms with Gasteiger partial charge in [-0.05, 0) is 49.1 Å². The second-order valence-corrected chi connectivity index (χ2v) is 6.16. The highest BCUT2D eigenvalue weighted by Crippen LogP contribution is 2.13. The number of aliphatic hydroxyl groups excluding tert-OH is 2. The summed E-state index contributed by atoms with van der Waals surface area (Å²) in [7, 11) is 0. The largest absolute Gasteiger partial charge is 0.489 e. The lowest BCUT2D eigenvalue weighted by molar-refractivity contribution is 0.159.